The van der Waals surface area contributed by atoms with Crippen molar-refractivity contribution in [2.75, 3.05) is 0 Å². The Morgan fingerprint density at radius 2 is 2.15 bits per heavy atom. The smallest absolute Gasteiger partial charge is 0.339 e. The molecule has 1 aliphatic rings. The minimum absolute atomic E-state index is 0.0359. The summed E-state index contributed by atoms with van der Waals surface area (Å²) in [4.78, 5) is 4.20. The number of hydrogen-bond donors (Lipinski definition) is 1. The van der Waals surface area contributed by atoms with Gasteiger partial charge in [0, 0.05) is 5.92 Å². The summed E-state index contributed by atoms with van der Waals surface area (Å²) in [7, 11) is 0. The van der Waals surface area contributed by atoms with Crippen LogP contribution in [0.15, 0.2) is 4.52 Å². The molecule has 7 heteroatoms. The summed E-state index contributed by atoms with van der Waals surface area (Å²) in [6.07, 6.45) is -1.09. The normalized spacial score (nSPS) is 25.6. The number of rotatable bonds is 4. The Balaban J connectivity index is 2.04. The average Bonchev–Trinajstić information content (AvgIpc) is 2.88. The fourth-order valence-electron chi connectivity index (χ4n) is 2.72. The van der Waals surface area contributed by atoms with Crippen LogP contribution in [0, 0.1) is 5.92 Å². The molecule has 1 heterocycles. The lowest BCUT2D eigenvalue weighted by Crippen LogP contribution is -2.28. The fourth-order valence-corrected chi connectivity index (χ4v) is 2.72. The van der Waals surface area contributed by atoms with Gasteiger partial charge in [-0.25, -0.2) is 0 Å². The first-order chi connectivity index (χ1) is 9.41. The number of halogens is 3. The minimum atomic E-state index is -4.14. The molecule has 1 aromatic heterocycles. The zero-order valence-corrected chi connectivity index (χ0v) is 11.5. The fraction of sp³-hybridized carbons (Fsp3) is 0.846. The maximum Gasteiger partial charge on any atom is 0.391 e. The molecule has 0 saturated heterocycles. The molecule has 0 radical (unpaired) electrons. The summed E-state index contributed by atoms with van der Waals surface area (Å²) in [6, 6.07) is -0.306. The third-order valence-corrected chi connectivity index (χ3v) is 3.88. The number of aromatic nitrogens is 2. The number of alkyl halides is 3. The van der Waals surface area contributed by atoms with Gasteiger partial charge >= 0.3 is 6.18 Å². The molecular weight excluding hydrogens is 271 g/mol. The Morgan fingerprint density at radius 1 is 1.40 bits per heavy atom. The highest BCUT2D eigenvalue weighted by Gasteiger charge is 2.43. The van der Waals surface area contributed by atoms with Crippen molar-refractivity contribution in [3.8, 4) is 0 Å². The first-order valence-electron chi connectivity index (χ1n) is 7.07. The highest BCUT2D eigenvalue weighted by molar-refractivity contribution is 5.00. The van der Waals surface area contributed by atoms with Gasteiger partial charge in [-0.05, 0) is 25.7 Å². The topological polar surface area (TPSA) is 64.9 Å². The third kappa shape index (κ3) is 3.50. The maximum atomic E-state index is 12.8. The lowest BCUT2D eigenvalue weighted by molar-refractivity contribution is -0.183. The van der Waals surface area contributed by atoms with Gasteiger partial charge in [0.1, 0.15) is 0 Å². The summed E-state index contributed by atoms with van der Waals surface area (Å²) in [6.45, 7) is 2.00. The third-order valence-electron chi connectivity index (χ3n) is 3.88. The van der Waals surface area contributed by atoms with Gasteiger partial charge in [-0.15, -0.1) is 0 Å². The molecule has 1 aromatic rings. The molecular formula is C13H20F3N3O. The molecule has 4 nitrogen and oxygen atoms in total. The van der Waals surface area contributed by atoms with Crippen LogP contribution in [-0.4, -0.2) is 16.3 Å². The van der Waals surface area contributed by atoms with Crippen molar-refractivity contribution in [1.29, 1.82) is 0 Å². The predicted octanol–water partition coefficient (Wildman–Crippen LogP) is 3.71. The molecule has 2 rings (SSSR count). The molecule has 20 heavy (non-hydrogen) atoms. The van der Waals surface area contributed by atoms with Crippen LogP contribution < -0.4 is 5.73 Å². The van der Waals surface area contributed by atoms with Crippen molar-refractivity contribution in [2.45, 2.75) is 63.6 Å². The van der Waals surface area contributed by atoms with Crippen molar-refractivity contribution in [1.82, 2.24) is 10.1 Å². The van der Waals surface area contributed by atoms with Crippen molar-refractivity contribution in [3.63, 3.8) is 0 Å². The summed E-state index contributed by atoms with van der Waals surface area (Å²) >= 11 is 0. The van der Waals surface area contributed by atoms with E-state index in [2.05, 4.69) is 10.1 Å². The Morgan fingerprint density at radius 3 is 2.80 bits per heavy atom. The monoisotopic (exact) mass is 291 g/mol. The largest absolute Gasteiger partial charge is 0.391 e. The Kier molecular flexibility index (Phi) is 4.67. The SMILES string of the molecule is CCCC(N)c1noc(C2CCCC(C(F)(F)F)C2)n1. The van der Waals surface area contributed by atoms with E-state index in [0.717, 1.165) is 12.8 Å². The van der Waals surface area contributed by atoms with Crippen LogP contribution in [0.5, 0.6) is 0 Å². The van der Waals surface area contributed by atoms with Crippen molar-refractivity contribution in [3.05, 3.63) is 11.7 Å². The molecule has 0 aliphatic heterocycles. The second kappa shape index (κ2) is 6.11. The maximum absolute atomic E-state index is 12.8. The quantitative estimate of drug-likeness (QED) is 0.918. The first kappa shape index (κ1) is 15.3. The molecule has 1 fully saturated rings. The van der Waals surface area contributed by atoms with Crippen LogP contribution in [0.25, 0.3) is 0 Å². The van der Waals surface area contributed by atoms with E-state index in [9.17, 15) is 13.2 Å². The van der Waals surface area contributed by atoms with Crippen molar-refractivity contribution < 1.29 is 17.7 Å². The Labute approximate surface area is 115 Å². The predicted molar refractivity (Wildman–Crippen MR) is 66.9 cm³/mol. The van der Waals surface area contributed by atoms with E-state index in [1.807, 2.05) is 6.92 Å². The van der Waals surface area contributed by atoms with Crippen LogP contribution in [-0.2, 0) is 0 Å². The van der Waals surface area contributed by atoms with Crippen LogP contribution >= 0.6 is 0 Å². The summed E-state index contributed by atoms with van der Waals surface area (Å²) in [5.41, 5.74) is 5.88. The van der Waals surface area contributed by atoms with E-state index in [1.165, 1.54) is 0 Å². The molecule has 3 atom stereocenters. The highest BCUT2D eigenvalue weighted by atomic mass is 19.4. The molecule has 0 aromatic carbocycles. The summed E-state index contributed by atoms with van der Waals surface area (Å²) in [5.74, 6) is -0.858. The molecule has 1 saturated carbocycles. The van der Waals surface area contributed by atoms with Gasteiger partial charge in [0.25, 0.3) is 0 Å². The number of nitrogens with zero attached hydrogens (tertiary/aromatic N) is 2. The first-order valence-corrected chi connectivity index (χ1v) is 7.07. The summed E-state index contributed by atoms with van der Waals surface area (Å²) in [5, 5.41) is 3.80. The highest BCUT2D eigenvalue weighted by Crippen LogP contribution is 2.43. The lowest BCUT2D eigenvalue weighted by Gasteiger charge is -2.28. The van der Waals surface area contributed by atoms with E-state index in [4.69, 9.17) is 10.3 Å². The lowest BCUT2D eigenvalue weighted by atomic mass is 9.81. The van der Waals surface area contributed by atoms with Crippen LogP contribution in [0.3, 0.4) is 0 Å². The average molecular weight is 291 g/mol. The van der Waals surface area contributed by atoms with E-state index >= 15 is 0 Å². The van der Waals surface area contributed by atoms with Crippen molar-refractivity contribution in [2.24, 2.45) is 11.7 Å². The second-order valence-corrected chi connectivity index (χ2v) is 5.49. The van der Waals surface area contributed by atoms with E-state index in [-0.39, 0.29) is 24.8 Å². The van der Waals surface area contributed by atoms with Crippen LogP contribution in [0.4, 0.5) is 13.2 Å². The summed E-state index contributed by atoms with van der Waals surface area (Å²) < 4.78 is 43.5. The van der Waals surface area contributed by atoms with E-state index < -0.39 is 12.1 Å². The van der Waals surface area contributed by atoms with Gasteiger partial charge in [-0.1, -0.05) is 24.9 Å². The molecule has 0 spiro atoms. The van der Waals surface area contributed by atoms with Gasteiger partial charge in [0.05, 0.1) is 12.0 Å². The second-order valence-electron chi connectivity index (χ2n) is 5.49. The van der Waals surface area contributed by atoms with Gasteiger partial charge in [-0.2, -0.15) is 18.2 Å². The van der Waals surface area contributed by atoms with Gasteiger partial charge < -0.3 is 10.3 Å². The minimum Gasteiger partial charge on any atom is -0.339 e. The van der Waals surface area contributed by atoms with Crippen LogP contribution in [0.1, 0.15) is 69.1 Å². The zero-order chi connectivity index (χ0) is 14.8. The van der Waals surface area contributed by atoms with Gasteiger partial charge in [-0.3, -0.25) is 0 Å². The molecule has 0 bridgehead atoms. The number of nitrogens with two attached hydrogens (primary N) is 1. The standard InChI is InChI=1S/C13H20F3N3O/c1-2-4-10(17)11-18-12(20-19-11)8-5-3-6-9(7-8)13(14,15)16/h8-10H,2-7,17H2,1H3. The van der Waals surface area contributed by atoms with E-state index in [1.54, 1.807) is 0 Å². The molecule has 1 aliphatic carbocycles. The van der Waals surface area contributed by atoms with Crippen LogP contribution in [0.2, 0.25) is 0 Å². The molecule has 114 valence electrons. The number of hydrogen-bond acceptors (Lipinski definition) is 4. The zero-order valence-electron chi connectivity index (χ0n) is 11.5. The van der Waals surface area contributed by atoms with Gasteiger partial charge in [0.2, 0.25) is 5.89 Å². The Bertz CT molecular complexity index is 433. The van der Waals surface area contributed by atoms with Crippen molar-refractivity contribution >= 4 is 0 Å². The Hall–Kier alpha value is -1.11. The van der Waals surface area contributed by atoms with E-state index in [0.29, 0.717) is 24.6 Å². The molecule has 3 unspecified atom stereocenters. The van der Waals surface area contributed by atoms with Gasteiger partial charge in [0.15, 0.2) is 5.82 Å². The molecule has 2 N–H and O–H groups in total. The molecule has 0 amide bonds.